The number of aliphatic hydroxyl groups excluding tert-OH is 2. The summed E-state index contributed by atoms with van der Waals surface area (Å²) in [6.07, 6.45) is 0.492. The van der Waals surface area contributed by atoms with Crippen LogP contribution in [-0.4, -0.2) is 56.0 Å². The number of nitrogens with zero attached hydrogens (tertiary/aromatic N) is 2. The lowest BCUT2D eigenvalue weighted by atomic mass is 9.81. The van der Waals surface area contributed by atoms with Gasteiger partial charge in [-0.25, -0.2) is 14.2 Å². The van der Waals surface area contributed by atoms with E-state index in [1.165, 1.54) is 6.07 Å². The zero-order valence-electron chi connectivity index (χ0n) is 19.4. The van der Waals surface area contributed by atoms with Gasteiger partial charge in [-0.3, -0.25) is 0 Å². The van der Waals surface area contributed by atoms with Crippen LogP contribution in [0.1, 0.15) is 53.8 Å². The van der Waals surface area contributed by atoms with E-state index in [2.05, 4.69) is 5.32 Å². The van der Waals surface area contributed by atoms with Crippen LogP contribution in [0.4, 0.5) is 9.18 Å². The van der Waals surface area contributed by atoms with Gasteiger partial charge in [-0.15, -0.1) is 0 Å². The van der Waals surface area contributed by atoms with E-state index in [0.29, 0.717) is 53.0 Å². The maximum atomic E-state index is 14.8. The number of benzene rings is 1. The van der Waals surface area contributed by atoms with E-state index in [1.54, 1.807) is 24.8 Å². The first-order valence-electron chi connectivity index (χ1n) is 11.8. The van der Waals surface area contributed by atoms with Crippen LogP contribution in [0.2, 0.25) is 0 Å². The number of nitrogens with one attached hydrogen (secondary N) is 1. The van der Waals surface area contributed by atoms with E-state index in [9.17, 15) is 24.5 Å². The molecule has 35 heavy (non-hydrogen) atoms. The van der Waals surface area contributed by atoms with Crippen LogP contribution in [0.5, 0.6) is 0 Å². The predicted octanol–water partition coefficient (Wildman–Crippen LogP) is 1.61. The largest absolute Gasteiger partial charge is 0.380 e. The quantitative estimate of drug-likeness (QED) is 0.438. The molecule has 3 aliphatic heterocycles. The van der Waals surface area contributed by atoms with Crippen molar-refractivity contribution in [2.24, 2.45) is 5.73 Å². The Hall–Kier alpha value is -3.05. The molecule has 6 N–H and O–H groups in total. The number of fused-ring (bicyclic) bond motifs is 4. The number of aromatic nitrogens is 1. The molecule has 2 amide bonds. The number of aliphatic hydroxyl groups is 3. The van der Waals surface area contributed by atoms with Crippen molar-refractivity contribution in [3.63, 3.8) is 0 Å². The topological polar surface area (TPSA) is 141 Å². The third-order valence-corrected chi connectivity index (χ3v) is 8.02. The van der Waals surface area contributed by atoms with Gasteiger partial charge in [-0.1, -0.05) is 6.92 Å². The summed E-state index contributed by atoms with van der Waals surface area (Å²) in [7, 11) is 0. The van der Waals surface area contributed by atoms with Gasteiger partial charge < -0.3 is 36.0 Å². The van der Waals surface area contributed by atoms with Crippen LogP contribution in [0, 0.1) is 12.7 Å². The number of aryl methyl sites for hydroxylation is 1. The summed E-state index contributed by atoms with van der Waals surface area (Å²) in [4.78, 5) is 18.4. The second-order valence-electron chi connectivity index (χ2n) is 9.72. The molecule has 0 spiro atoms. The number of nitrogens with two attached hydrogens (primary N) is 1. The Morgan fingerprint density at radius 2 is 2.17 bits per heavy atom. The average Bonchev–Trinajstić information content (AvgIpc) is 3.19. The lowest BCUT2D eigenvalue weighted by Gasteiger charge is -2.44. The van der Waals surface area contributed by atoms with Gasteiger partial charge in [0, 0.05) is 29.1 Å². The second kappa shape index (κ2) is 7.47. The van der Waals surface area contributed by atoms with E-state index in [1.807, 2.05) is 0 Å². The molecule has 1 aliphatic carbocycles. The van der Waals surface area contributed by atoms with E-state index in [0.717, 1.165) is 22.1 Å². The Labute approximate surface area is 200 Å². The summed E-state index contributed by atoms with van der Waals surface area (Å²) >= 11 is 0. The minimum absolute atomic E-state index is 0.0285. The number of urea groups is 1. The average molecular weight is 483 g/mol. The molecule has 1 aromatic carbocycles. The number of carbonyl (C=O) groups excluding carboxylic acids is 1. The highest BCUT2D eigenvalue weighted by Crippen LogP contribution is 2.49. The number of hydrogen-bond donors (Lipinski definition) is 5. The molecule has 0 saturated heterocycles. The SMILES string of the molecule is CC[C@]1(O)C2=C(COC1O)C(O)N1Cc3c(nc4cc(F)c(C)c5c4c3[C@@H](NC(N)=O)CC5)C1=C2. The monoisotopic (exact) mass is 482 g/mol. The van der Waals surface area contributed by atoms with E-state index in [-0.39, 0.29) is 24.9 Å². The highest BCUT2D eigenvalue weighted by atomic mass is 19.1. The number of pyridine rings is 1. The normalized spacial score (nSPS) is 29.0. The van der Waals surface area contributed by atoms with Gasteiger partial charge >= 0.3 is 6.03 Å². The molecule has 1 aromatic heterocycles. The van der Waals surface area contributed by atoms with Gasteiger partial charge in [0.15, 0.2) is 12.5 Å². The Morgan fingerprint density at radius 3 is 2.89 bits per heavy atom. The van der Waals surface area contributed by atoms with E-state index >= 15 is 0 Å². The molecule has 184 valence electrons. The fourth-order valence-corrected chi connectivity index (χ4v) is 6.14. The minimum atomic E-state index is -1.69. The van der Waals surface area contributed by atoms with Gasteiger partial charge in [0.25, 0.3) is 0 Å². The molecule has 2 unspecified atom stereocenters. The van der Waals surface area contributed by atoms with Crippen LogP contribution >= 0.6 is 0 Å². The third kappa shape index (κ3) is 2.94. The number of amides is 2. The second-order valence-corrected chi connectivity index (χ2v) is 9.72. The number of rotatable bonds is 2. The van der Waals surface area contributed by atoms with Crippen molar-refractivity contribution >= 4 is 22.6 Å². The fourth-order valence-electron chi connectivity index (χ4n) is 6.14. The Bertz CT molecular complexity index is 1370. The molecule has 0 bridgehead atoms. The molecule has 0 radical (unpaired) electrons. The van der Waals surface area contributed by atoms with Crippen LogP contribution in [-0.2, 0) is 17.7 Å². The Morgan fingerprint density at radius 1 is 1.40 bits per heavy atom. The lowest BCUT2D eigenvalue weighted by molar-refractivity contribution is -0.206. The van der Waals surface area contributed by atoms with Crippen molar-refractivity contribution in [1.29, 1.82) is 0 Å². The van der Waals surface area contributed by atoms with Crippen molar-refractivity contribution in [1.82, 2.24) is 15.2 Å². The Kier molecular flexibility index (Phi) is 4.79. The summed E-state index contributed by atoms with van der Waals surface area (Å²) in [5.74, 6) is -0.349. The first kappa shape index (κ1) is 22.4. The van der Waals surface area contributed by atoms with Crippen molar-refractivity contribution in [2.45, 2.75) is 63.8 Å². The van der Waals surface area contributed by atoms with Crippen LogP contribution in [0.3, 0.4) is 0 Å². The third-order valence-electron chi connectivity index (χ3n) is 8.02. The minimum Gasteiger partial charge on any atom is -0.380 e. The smallest absolute Gasteiger partial charge is 0.312 e. The highest BCUT2D eigenvalue weighted by Gasteiger charge is 2.49. The van der Waals surface area contributed by atoms with Gasteiger partial charge in [0.05, 0.1) is 29.6 Å². The molecular weight excluding hydrogens is 455 g/mol. The molecule has 0 saturated carbocycles. The standard InChI is InChI=1S/C25H27FN4O5/c1-3-25(34)14-6-18-21-12(8-30(18)22(31)13(14)9-35-23(25)32)20-16(29-24(27)33)5-4-11-10(2)15(26)7-17(28-21)19(11)20/h6-7,16,22-23,31-32,34H,3-5,8-9H2,1-2H3,(H3,27,29,33)/t16-,22?,23?,25-/m0/s1. The first-order valence-corrected chi connectivity index (χ1v) is 11.8. The molecule has 4 heterocycles. The molecule has 4 aliphatic rings. The number of hydrogen-bond acceptors (Lipinski definition) is 7. The molecular formula is C25H27FN4O5. The summed E-state index contributed by atoms with van der Waals surface area (Å²) in [5.41, 5.74) is 9.32. The summed E-state index contributed by atoms with van der Waals surface area (Å²) in [6, 6.07) is 0.365. The summed E-state index contributed by atoms with van der Waals surface area (Å²) < 4.78 is 20.2. The summed E-state index contributed by atoms with van der Waals surface area (Å²) in [6.45, 7) is 3.74. The van der Waals surface area contributed by atoms with Crippen LogP contribution in [0.25, 0.3) is 16.6 Å². The van der Waals surface area contributed by atoms with Crippen LogP contribution in [0.15, 0.2) is 23.3 Å². The molecule has 4 atom stereocenters. The maximum absolute atomic E-state index is 14.8. The summed E-state index contributed by atoms with van der Waals surface area (Å²) in [5, 5.41) is 36.5. The molecule has 10 heteroatoms. The van der Waals surface area contributed by atoms with Gasteiger partial charge in [0.1, 0.15) is 11.4 Å². The Balaban J connectivity index is 1.62. The predicted molar refractivity (Wildman–Crippen MR) is 124 cm³/mol. The number of primary amides is 1. The van der Waals surface area contributed by atoms with E-state index < -0.39 is 24.2 Å². The van der Waals surface area contributed by atoms with Crippen molar-refractivity contribution in [2.75, 3.05) is 6.61 Å². The molecule has 9 nitrogen and oxygen atoms in total. The maximum Gasteiger partial charge on any atom is 0.312 e. The van der Waals surface area contributed by atoms with Gasteiger partial charge in [-0.2, -0.15) is 0 Å². The van der Waals surface area contributed by atoms with Gasteiger partial charge in [0.2, 0.25) is 0 Å². The van der Waals surface area contributed by atoms with E-state index in [4.69, 9.17) is 15.5 Å². The number of carbonyl (C=O) groups is 1. The molecule has 2 aromatic rings. The molecule has 0 fully saturated rings. The van der Waals surface area contributed by atoms with Crippen molar-refractivity contribution in [3.05, 3.63) is 57.1 Å². The fraction of sp³-hybridized carbons (Fsp3) is 0.440. The van der Waals surface area contributed by atoms with Gasteiger partial charge in [-0.05, 0) is 54.5 Å². The lowest BCUT2D eigenvalue weighted by Crippen LogP contribution is -2.52. The number of ether oxygens (including phenoxy) is 1. The first-order chi connectivity index (χ1) is 16.7. The zero-order chi connectivity index (χ0) is 24.8. The number of halogens is 1. The zero-order valence-corrected chi connectivity index (χ0v) is 19.4. The molecule has 6 rings (SSSR count). The highest BCUT2D eigenvalue weighted by molar-refractivity contribution is 5.93. The van der Waals surface area contributed by atoms with Crippen molar-refractivity contribution in [3.8, 4) is 0 Å². The van der Waals surface area contributed by atoms with Crippen molar-refractivity contribution < 1.29 is 29.2 Å². The van der Waals surface area contributed by atoms with Crippen LogP contribution < -0.4 is 11.1 Å².